The van der Waals surface area contributed by atoms with Crippen molar-refractivity contribution in [2.24, 2.45) is 0 Å². The molecule has 158 valence electrons. The van der Waals surface area contributed by atoms with Gasteiger partial charge in [0.25, 0.3) is 11.8 Å². The fourth-order valence-corrected chi connectivity index (χ4v) is 3.16. The molecular formula is C23H33N3O3. The van der Waals surface area contributed by atoms with Crippen LogP contribution in [0.15, 0.2) is 36.4 Å². The van der Waals surface area contributed by atoms with Gasteiger partial charge in [-0.2, -0.15) is 0 Å². The molecule has 0 aromatic heterocycles. The highest BCUT2D eigenvalue weighted by Crippen LogP contribution is 2.26. The highest BCUT2D eigenvalue weighted by atomic mass is 16.5. The molecule has 2 N–H and O–H groups in total. The lowest BCUT2D eigenvalue weighted by Gasteiger charge is -2.18. The fourth-order valence-electron chi connectivity index (χ4n) is 3.16. The van der Waals surface area contributed by atoms with E-state index in [1.54, 1.807) is 0 Å². The van der Waals surface area contributed by atoms with Crippen LogP contribution in [0.4, 0.5) is 0 Å². The minimum atomic E-state index is -0.210. The predicted octanol–water partition coefficient (Wildman–Crippen LogP) is 3.20. The molecule has 0 fully saturated rings. The summed E-state index contributed by atoms with van der Waals surface area (Å²) in [6.45, 7) is 11.5. The monoisotopic (exact) mass is 399 g/mol. The van der Waals surface area contributed by atoms with Gasteiger partial charge in [-0.05, 0) is 62.8 Å². The lowest BCUT2D eigenvalue weighted by Crippen LogP contribution is -2.34. The van der Waals surface area contributed by atoms with Gasteiger partial charge in [0.2, 0.25) is 0 Å². The van der Waals surface area contributed by atoms with E-state index in [-0.39, 0.29) is 24.5 Å². The molecular weight excluding hydrogens is 366 g/mol. The molecule has 2 aromatic rings. The molecule has 0 unspecified atom stereocenters. The molecule has 0 saturated heterocycles. The summed E-state index contributed by atoms with van der Waals surface area (Å²) in [4.78, 5) is 27.1. The molecule has 2 aromatic carbocycles. The quantitative estimate of drug-likeness (QED) is 0.569. The van der Waals surface area contributed by atoms with Gasteiger partial charge in [0.1, 0.15) is 5.75 Å². The van der Waals surface area contributed by atoms with Gasteiger partial charge in [0, 0.05) is 12.6 Å². The molecule has 0 atom stereocenters. The summed E-state index contributed by atoms with van der Waals surface area (Å²) in [6.07, 6.45) is 0.883. The number of hydrogen-bond acceptors (Lipinski definition) is 4. The van der Waals surface area contributed by atoms with Gasteiger partial charge in [-0.15, -0.1) is 0 Å². The maximum atomic E-state index is 12.8. The summed E-state index contributed by atoms with van der Waals surface area (Å²) < 4.78 is 5.73. The first-order valence-corrected chi connectivity index (χ1v) is 10.4. The first-order valence-electron chi connectivity index (χ1n) is 10.4. The number of rotatable bonds is 11. The maximum absolute atomic E-state index is 12.8. The normalized spacial score (nSPS) is 11.1. The molecule has 0 aliphatic rings. The van der Waals surface area contributed by atoms with Gasteiger partial charge in [-0.25, -0.2) is 0 Å². The van der Waals surface area contributed by atoms with Gasteiger partial charge >= 0.3 is 0 Å². The second kappa shape index (κ2) is 11.4. The zero-order valence-corrected chi connectivity index (χ0v) is 18.0. The Kier molecular flexibility index (Phi) is 8.93. The van der Waals surface area contributed by atoms with E-state index in [1.165, 1.54) is 0 Å². The number of hydrogen-bond donors (Lipinski definition) is 2. The molecule has 6 nitrogen and oxygen atoms in total. The van der Waals surface area contributed by atoms with Crippen LogP contribution in [0, 0.1) is 0 Å². The number of nitrogens with zero attached hydrogens (tertiary/aromatic N) is 1. The molecule has 0 bridgehead atoms. The summed E-state index contributed by atoms with van der Waals surface area (Å²) in [5.74, 6) is 0.0251. The summed E-state index contributed by atoms with van der Waals surface area (Å²) in [6, 6.07) is 11.5. The number of ether oxygens (including phenoxy) is 1. The van der Waals surface area contributed by atoms with Crippen molar-refractivity contribution in [2.45, 2.75) is 40.2 Å². The van der Waals surface area contributed by atoms with Crippen LogP contribution in [0.5, 0.6) is 5.75 Å². The number of nitrogens with one attached hydrogen (secondary N) is 2. The van der Waals surface area contributed by atoms with E-state index in [4.69, 9.17) is 4.74 Å². The van der Waals surface area contributed by atoms with Crippen LogP contribution in [-0.4, -0.2) is 55.5 Å². The van der Waals surface area contributed by atoms with Crippen molar-refractivity contribution in [1.29, 1.82) is 0 Å². The Morgan fingerprint density at radius 3 is 2.34 bits per heavy atom. The van der Waals surface area contributed by atoms with Crippen molar-refractivity contribution in [3.05, 3.63) is 42.0 Å². The van der Waals surface area contributed by atoms with Crippen LogP contribution in [0.25, 0.3) is 10.8 Å². The predicted molar refractivity (Wildman–Crippen MR) is 117 cm³/mol. The Hall–Kier alpha value is -2.60. The van der Waals surface area contributed by atoms with E-state index >= 15 is 0 Å². The summed E-state index contributed by atoms with van der Waals surface area (Å²) >= 11 is 0. The van der Waals surface area contributed by atoms with Crippen LogP contribution in [0.1, 0.15) is 44.5 Å². The van der Waals surface area contributed by atoms with Crippen molar-refractivity contribution < 1.29 is 14.3 Å². The lowest BCUT2D eigenvalue weighted by molar-refractivity contribution is -0.123. The summed E-state index contributed by atoms with van der Waals surface area (Å²) in [7, 11) is 0. The highest BCUT2D eigenvalue weighted by Gasteiger charge is 2.15. The first kappa shape index (κ1) is 22.7. The molecule has 0 heterocycles. The smallest absolute Gasteiger partial charge is 0.258 e. The summed E-state index contributed by atoms with van der Waals surface area (Å²) in [5, 5.41) is 7.70. The SMILES string of the molecule is CCN(CC)CCCNC(=O)c1cc2ccccc2cc1OCC(=O)NC(C)C. The minimum absolute atomic E-state index is 0.0382. The molecule has 29 heavy (non-hydrogen) atoms. The van der Waals surface area contributed by atoms with Gasteiger partial charge in [0.05, 0.1) is 5.56 Å². The Balaban J connectivity index is 2.10. The third kappa shape index (κ3) is 7.06. The minimum Gasteiger partial charge on any atom is -0.483 e. The molecule has 0 saturated carbocycles. The third-order valence-corrected chi connectivity index (χ3v) is 4.73. The first-order chi connectivity index (χ1) is 13.9. The zero-order valence-electron chi connectivity index (χ0n) is 18.0. The third-order valence-electron chi connectivity index (χ3n) is 4.73. The van der Waals surface area contributed by atoms with Crippen LogP contribution >= 0.6 is 0 Å². The largest absolute Gasteiger partial charge is 0.483 e. The molecule has 0 radical (unpaired) electrons. The Bertz CT molecular complexity index is 816. The molecule has 0 spiro atoms. The highest BCUT2D eigenvalue weighted by molar-refractivity contribution is 6.01. The average molecular weight is 400 g/mol. The zero-order chi connectivity index (χ0) is 21.2. The van der Waals surface area contributed by atoms with E-state index in [9.17, 15) is 9.59 Å². The van der Waals surface area contributed by atoms with Crippen LogP contribution in [0.2, 0.25) is 0 Å². The average Bonchev–Trinajstić information content (AvgIpc) is 2.71. The van der Waals surface area contributed by atoms with E-state index in [2.05, 4.69) is 29.4 Å². The van der Waals surface area contributed by atoms with Crippen molar-refractivity contribution >= 4 is 22.6 Å². The molecule has 2 rings (SSSR count). The van der Waals surface area contributed by atoms with E-state index in [0.717, 1.165) is 36.8 Å². The second-order valence-electron chi connectivity index (χ2n) is 7.34. The topological polar surface area (TPSA) is 70.7 Å². The lowest BCUT2D eigenvalue weighted by atomic mass is 10.1. The number of carbonyl (C=O) groups excluding carboxylic acids is 2. The molecule has 0 aliphatic carbocycles. The number of benzene rings is 2. The van der Waals surface area contributed by atoms with Crippen molar-refractivity contribution in [3.63, 3.8) is 0 Å². The number of carbonyl (C=O) groups is 2. The fraction of sp³-hybridized carbons (Fsp3) is 0.478. The molecule has 6 heteroatoms. The standard InChI is InChI=1S/C23H33N3O3/c1-5-26(6-2)13-9-12-24-23(28)20-14-18-10-7-8-11-19(18)15-21(20)29-16-22(27)25-17(3)4/h7-8,10-11,14-15,17H,5-6,9,12-13,16H2,1-4H3,(H,24,28)(H,25,27). The summed E-state index contributed by atoms with van der Waals surface area (Å²) in [5.41, 5.74) is 0.448. The van der Waals surface area contributed by atoms with Crippen LogP contribution in [0.3, 0.4) is 0 Å². The number of amides is 2. The van der Waals surface area contributed by atoms with Crippen molar-refractivity contribution in [3.8, 4) is 5.75 Å². The van der Waals surface area contributed by atoms with Crippen LogP contribution in [-0.2, 0) is 4.79 Å². The van der Waals surface area contributed by atoms with Gasteiger partial charge in [-0.3, -0.25) is 9.59 Å². The Morgan fingerprint density at radius 1 is 1.07 bits per heavy atom. The Morgan fingerprint density at radius 2 is 1.72 bits per heavy atom. The van der Waals surface area contributed by atoms with Crippen molar-refractivity contribution in [1.82, 2.24) is 15.5 Å². The van der Waals surface area contributed by atoms with E-state index in [1.807, 2.05) is 50.2 Å². The van der Waals surface area contributed by atoms with Gasteiger partial charge in [0.15, 0.2) is 6.61 Å². The van der Waals surface area contributed by atoms with Crippen LogP contribution < -0.4 is 15.4 Å². The van der Waals surface area contributed by atoms with Gasteiger partial charge < -0.3 is 20.3 Å². The Labute approximate surface area is 173 Å². The van der Waals surface area contributed by atoms with E-state index < -0.39 is 0 Å². The number of fused-ring (bicyclic) bond motifs is 1. The molecule has 2 amide bonds. The maximum Gasteiger partial charge on any atom is 0.258 e. The van der Waals surface area contributed by atoms with Crippen molar-refractivity contribution in [2.75, 3.05) is 32.8 Å². The van der Waals surface area contributed by atoms with E-state index in [0.29, 0.717) is 17.9 Å². The molecule has 0 aliphatic heterocycles. The second-order valence-corrected chi connectivity index (χ2v) is 7.34. The van der Waals surface area contributed by atoms with Gasteiger partial charge in [-0.1, -0.05) is 38.1 Å².